The highest BCUT2D eigenvalue weighted by Crippen LogP contribution is 2.14. The van der Waals surface area contributed by atoms with Gasteiger partial charge in [-0.25, -0.2) is 0 Å². The summed E-state index contributed by atoms with van der Waals surface area (Å²) in [6.07, 6.45) is 2.70. The second kappa shape index (κ2) is 5.63. The Kier molecular flexibility index (Phi) is 5.21. The Balaban J connectivity index is 4.95. The molecule has 0 aromatic rings. The molecular weight excluding hydrogens is 174 g/mol. The first-order chi connectivity index (χ1) is 6.45. The van der Waals surface area contributed by atoms with Crippen molar-refractivity contribution in [3.63, 3.8) is 0 Å². The summed E-state index contributed by atoms with van der Waals surface area (Å²) in [4.78, 5) is 13.4. The maximum atomic E-state index is 11.3. The molecule has 14 heavy (non-hydrogen) atoms. The van der Waals surface area contributed by atoms with Crippen LogP contribution in [-0.4, -0.2) is 23.8 Å². The zero-order chi connectivity index (χ0) is 11.3. The minimum absolute atomic E-state index is 0.0765. The van der Waals surface area contributed by atoms with Gasteiger partial charge in [0.15, 0.2) is 5.78 Å². The Morgan fingerprint density at radius 1 is 1.50 bits per heavy atom. The van der Waals surface area contributed by atoms with E-state index >= 15 is 0 Å². The van der Waals surface area contributed by atoms with Crippen LogP contribution in [-0.2, 0) is 4.79 Å². The molecule has 2 nitrogen and oxygen atoms in total. The quantitative estimate of drug-likeness (QED) is 0.496. The second-order valence-electron chi connectivity index (χ2n) is 3.63. The number of ketones is 1. The third-order valence-corrected chi connectivity index (χ3v) is 2.75. The number of rotatable bonds is 5. The number of hydrogen-bond donors (Lipinski definition) is 0. The zero-order valence-corrected chi connectivity index (χ0v) is 9.92. The van der Waals surface area contributed by atoms with Gasteiger partial charge in [-0.15, -0.1) is 0 Å². The molecule has 0 radical (unpaired) electrons. The number of Topliss-reactive ketones (excluding diaryl/α,β-unsaturated/α-hetero) is 1. The summed E-state index contributed by atoms with van der Waals surface area (Å²) < 4.78 is 0. The Morgan fingerprint density at radius 2 is 2.00 bits per heavy atom. The summed E-state index contributed by atoms with van der Waals surface area (Å²) in [5.74, 6) is 0.0765. The molecule has 0 bridgehead atoms. The molecule has 0 aliphatic rings. The van der Waals surface area contributed by atoms with Crippen molar-refractivity contribution in [2.45, 2.75) is 40.2 Å². The van der Waals surface area contributed by atoms with Gasteiger partial charge in [0.25, 0.3) is 0 Å². The van der Waals surface area contributed by atoms with Crippen LogP contribution in [0.15, 0.2) is 23.9 Å². The van der Waals surface area contributed by atoms with Gasteiger partial charge in [-0.2, -0.15) is 0 Å². The van der Waals surface area contributed by atoms with E-state index in [1.807, 2.05) is 14.0 Å². The van der Waals surface area contributed by atoms with Crippen LogP contribution in [0.2, 0.25) is 0 Å². The van der Waals surface area contributed by atoms with E-state index in [1.54, 1.807) is 13.0 Å². The molecule has 0 fully saturated rings. The van der Waals surface area contributed by atoms with E-state index in [0.717, 1.165) is 12.1 Å². The second-order valence-corrected chi connectivity index (χ2v) is 3.63. The van der Waals surface area contributed by atoms with E-state index in [4.69, 9.17) is 0 Å². The van der Waals surface area contributed by atoms with Crippen molar-refractivity contribution in [1.29, 1.82) is 0 Å². The van der Waals surface area contributed by atoms with Crippen LogP contribution >= 0.6 is 0 Å². The molecule has 0 aliphatic carbocycles. The van der Waals surface area contributed by atoms with Crippen molar-refractivity contribution in [2.24, 2.45) is 0 Å². The average molecular weight is 195 g/mol. The Labute approximate surface area is 87.3 Å². The maximum absolute atomic E-state index is 11.3. The lowest BCUT2D eigenvalue weighted by Crippen LogP contribution is -2.28. The summed E-state index contributed by atoms with van der Waals surface area (Å²) >= 11 is 0. The first kappa shape index (κ1) is 12.9. The molecule has 0 aliphatic heterocycles. The Morgan fingerprint density at radius 3 is 2.29 bits per heavy atom. The molecule has 0 heterocycles. The molecule has 0 saturated carbocycles. The first-order valence-electron chi connectivity index (χ1n) is 5.02. The fraction of sp³-hybridized carbons (Fsp3) is 0.583. The predicted molar refractivity (Wildman–Crippen MR) is 61.1 cm³/mol. The largest absolute Gasteiger partial charge is 0.375 e. The topological polar surface area (TPSA) is 20.3 Å². The lowest BCUT2D eigenvalue weighted by atomic mass is 10.1. The summed E-state index contributed by atoms with van der Waals surface area (Å²) in [5.41, 5.74) is 1.72. The van der Waals surface area contributed by atoms with Gasteiger partial charge in [0.05, 0.1) is 0 Å². The van der Waals surface area contributed by atoms with E-state index in [0.29, 0.717) is 11.6 Å². The first-order valence-corrected chi connectivity index (χ1v) is 5.02. The molecule has 1 atom stereocenters. The van der Waals surface area contributed by atoms with Crippen molar-refractivity contribution in [3.05, 3.63) is 23.9 Å². The summed E-state index contributed by atoms with van der Waals surface area (Å²) in [6, 6.07) is 0.448. The minimum Gasteiger partial charge on any atom is -0.375 e. The van der Waals surface area contributed by atoms with E-state index in [2.05, 4.69) is 25.3 Å². The predicted octanol–water partition coefficient (Wildman–Crippen LogP) is 2.77. The zero-order valence-electron chi connectivity index (χ0n) is 9.92. The van der Waals surface area contributed by atoms with E-state index in [9.17, 15) is 4.79 Å². The summed E-state index contributed by atoms with van der Waals surface area (Å²) in [5, 5.41) is 0. The smallest absolute Gasteiger partial charge is 0.161 e. The third-order valence-electron chi connectivity index (χ3n) is 2.75. The minimum atomic E-state index is 0.0765. The van der Waals surface area contributed by atoms with Gasteiger partial charge in [0.2, 0.25) is 0 Å². The van der Waals surface area contributed by atoms with Gasteiger partial charge in [-0.3, -0.25) is 4.79 Å². The van der Waals surface area contributed by atoms with Gasteiger partial charge in [-0.05, 0) is 27.2 Å². The maximum Gasteiger partial charge on any atom is 0.161 e. The molecule has 0 aromatic carbocycles. The fourth-order valence-corrected chi connectivity index (χ4v) is 1.34. The molecule has 2 heteroatoms. The normalized spacial score (nSPS) is 14.4. The third kappa shape index (κ3) is 3.02. The van der Waals surface area contributed by atoms with Gasteiger partial charge in [-0.1, -0.05) is 19.6 Å². The molecule has 0 amide bonds. The highest BCUT2D eigenvalue weighted by Gasteiger charge is 2.12. The molecule has 0 saturated heterocycles. The molecule has 0 aromatic heterocycles. The van der Waals surface area contributed by atoms with Gasteiger partial charge >= 0.3 is 0 Å². The van der Waals surface area contributed by atoms with Crippen LogP contribution in [0.3, 0.4) is 0 Å². The molecule has 1 unspecified atom stereocenters. The lowest BCUT2D eigenvalue weighted by Gasteiger charge is -2.27. The number of carbonyl (C=O) groups is 1. The number of allylic oxidation sites excluding steroid dienone is 3. The lowest BCUT2D eigenvalue weighted by molar-refractivity contribution is -0.113. The van der Waals surface area contributed by atoms with E-state index < -0.39 is 0 Å². The Bertz CT molecular complexity index is 253. The highest BCUT2D eigenvalue weighted by atomic mass is 16.1. The molecular formula is C12H21NO. The number of hydrogen-bond acceptors (Lipinski definition) is 2. The van der Waals surface area contributed by atoms with Gasteiger partial charge in [0.1, 0.15) is 0 Å². The van der Waals surface area contributed by atoms with Gasteiger partial charge in [0, 0.05) is 24.4 Å². The molecule has 0 rings (SSSR count). The van der Waals surface area contributed by atoms with Crippen LogP contribution < -0.4 is 0 Å². The van der Waals surface area contributed by atoms with Crippen molar-refractivity contribution in [1.82, 2.24) is 4.90 Å². The Hall–Kier alpha value is -1.05. The average Bonchev–Trinajstić information content (AvgIpc) is 2.15. The number of carbonyl (C=O) groups excluding carboxylic acids is 1. The van der Waals surface area contributed by atoms with Crippen molar-refractivity contribution in [2.75, 3.05) is 7.05 Å². The molecule has 0 N–H and O–H groups in total. The van der Waals surface area contributed by atoms with Crippen LogP contribution in [0.4, 0.5) is 0 Å². The van der Waals surface area contributed by atoms with Crippen molar-refractivity contribution in [3.8, 4) is 0 Å². The van der Waals surface area contributed by atoms with Crippen molar-refractivity contribution >= 4 is 5.78 Å². The standard InChI is InChI=1S/C12H21NO/c1-7-9(3)13(6)10(4)12(8-2)11(5)14/h8-9H,2,7H2,1,3-6H3/b12-10+. The SMILES string of the molecule is C=C/C(C(C)=O)=C(/C)N(C)C(C)CC. The van der Waals surface area contributed by atoms with Crippen LogP contribution in [0.5, 0.6) is 0 Å². The van der Waals surface area contributed by atoms with Gasteiger partial charge < -0.3 is 4.90 Å². The number of nitrogens with zero attached hydrogens (tertiary/aromatic N) is 1. The van der Waals surface area contributed by atoms with E-state index in [1.165, 1.54) is 0 Å². The van der Waals surface area contributed by atoms with Crippen LogP contribution in [0, 0.1) is 0 Å². The highest BCUT2D eigenvalue weighted by molar-refractivity contribution is 5.96. The van der Waals surface area contributed by atoms with Crippen molar-refractivity contribution < 1.29 is 4.79 Å². The fourth-order valence-electron chi connectivity index (χ4n) is 1.34. The van der Waals surface area contributed by atoms with Crippen LogP contribution in [0.25, 0.3) is 0 Å². The molecule has 80 valence electrons. The summed E-state index contributed by atoms with van der Waals surface area (Å²) in [7, 11) is 2.01. The monoisotopic (exact) mass is 195 g/mol. The van der Waals surface area contributed by atoms with Crippen LogP contribution in [0.1, 0.15) is 34.1 Å². The van der Waals surface area contributed by atoms with E-state index in [-0.39, 0.29) is 5.78 Å². The summed E-state index contributed by atoms with van der Waals surface area (Å²) in [6.45, 7) is 11.5. The molecule has 0 spiro atoms.